The lowest BCUT2D eigenvalue weighted by Gasteiger charge is -2.08. The molecule has 4 heteroatoms. The van der Waals surface area contributed by atoms with Crippen molar-refractivity contribution in [3.05, 3.63) is 28.8 Å². The van der Waals surface area contributed by atoms with Gasteiger partial charge in [-0.3, -0.25) is 4.79 Å². The number of carbonyl (C=O) groups excluding carboxylic acids is 1. The molecular formula is C10H10F2O2. The van der Waals surface area contributed by atoms with E-state index in [4.69, 9.17) is 0 Å². The Labute approximate surface area is 80.2 Å². The summed E-state index contributed by atoms with van der Waals surface area (Å²) in [5, 5.41) is 9.34. The van der Waals surface area contributed by atoms with Crippen LogP contribution in [0.2, 0.25) is 0 Å². The molecule has 1 N–H and O–H groups in total. The maximum absolute atomic E-state index is 12.3. The highest BCUT2D eigenvalue weighted by Crippen LogP contribution is 2.28. The van der Waals surface area contributed by atoms with Gasteiger partial charge in [0.15, 0.2) is 5.78 Å². The van der Waals surface area contributed by atoms with Gasteiger partial charge in [0.1, 0.15) is 5.75 Å². The number of alkyl halides is 2. The van der Waals surface area contributed by atoms with Crippen molar-refractivity contribution < 1.29 is 18.7 Å². The van der Waals surface area contributed by atoms with Crippen LogP contribution in [0.1, 0.15) is 34.8 Å². The highest BCUT2D eigenvalue weighted by atomic mass is 19.3. The number of phenols is 1. The number of halogens is 2. The van der Waals surface area contributed by atoms with Gasteiger partial charge in [0.2, 0.25) is 0 Å². The molecule has 0 atom stereocenters. The first kappa shape index (κ1) is 10.6. The Hall–Kier alpha value is -1.45. The summed E-state index contributed by atoms with van der Waals surface area (Å²) in [6, 6.07) is 2.13. The van der Waals surface area contributed by atoms with Crippen molar-refractivity contribution >= 4 is 5.78 Å². The van der Waals surface area contributed by atoms with Gasteiger partial charge in [0.05, 0.1) is 5.56 Å². The standard InChI is InChI=1S/C10H10F2O2/c1-5-3-7(10(11)12)4-8(14)9(5)6(2)13/h3-4,10,14H,1-2H3. The van der Waals surface area contributed by atoms with Gasteiger partial charge < -0.3 is 5.11 Å². The SMILES string of the molecule is CC(=O)c1c(C)cc(C(F)F)cc1O. The third-order valence-electron chi connectivity index (χ3n) is 1.94. The Morgan fingerprint density at radius 1 is 1.43 bits per heavy atom. The summed E-state index contributed by atoms with van der Waals surface area (Å²) in [5.41, 5.74) is 0.201. The van der Waals surface area contributed by atoms with Gasteiger partial charge in [0, 0.05) is 5.56 Å². The topological polar surface area (TPSA) is 37.3 Å². The van der Waals surface area contributed by atoms with Gasteiger partial charge in [-0.1, -0.05) is 0 Å². The van der Waals surface area contributed by atoms with E-state index in [-0.39, 0.29) is 22.7 Å². The second-order valence-corrected chi connectivity index (χ2v) is 3.09. The Morgan fingerprint density at radius 3 is 2.36 bits per heavy atom. The maximum atomic E-state index is 12.3. The number of Topliss-reactive ketones (excluding diaryl/α,β-unsaturated/α-hetero) is 1. The first-order valence-electron chi connectivity index (χ1n) is 4.06. The zero-order valence-electron chi connectivity index (χ0n) is 7.84. The molecular weight excluding hydrogens is 190 g/mol. The van der Waals surface area contributed by atoms with Crippen LogP contribution < -0.4 is 0 Å². The molecule has 0 spiro atoms. The Kier molecular flexibility index (Phi) is 2.84. The molecule has 0 aliphatic carbocycles. The third-order valence-corrected chi connectivity index (χ3v) is 1.94. The Bertz CT molecular complexity index is 349. The van der Waals surface area contributed by atoms with E-state index in [0.717, 1.165) is 6.07 Å². The van der Waals surface area contributed by atoms with Crippen LogP contribution in [0.5, 0.6) is 5.75 Å². The molecule has 0 unspecified atom stereocenters. The van der Waals surface area contributed by atoms with Gasteiger partial charge in [-0.05, 0) is 31.5 Å². The normalized spacial score (nSPS) is 10.6. The average Bonchev–Trinajstić information content (AvgIpc) is 2.01. The third kappa shape index (κ3) is 1.89. The van der Waals surface area contributed by atoms with Gasteiger partial charge in [-0.15, -0.1) is 0 Å². The second-order valence-electron chi connectivity index (χ2n) is 3.09. The largest absolute Gasteiger partial charge is 0.507 e. The molecule has 76 valence electrons. The van der Waals surface area contributed by atoms with Gasteiger partial charge in [0.25, 0.3) is 6.43 Å². The minimum atomic E-state index is -2.64. The summed E-state index contributed by atoms with van der Waals surface area (Å²) < 4.78 is 24.5. The summed E-state index contributed by atoms with van der Waals surface area (Å²) in [6.07, 6.45) is -2.64. The lowest BCUT2D eigenvalue weighted by molar-refractivity contribution is 0.101. The molecule has 0 saturated heterocycles. The number of carbonyl (C=O) groups is 1. The first-order valence-corrected chi connectivity index (χ1v) is 4.06. The lowest BCUT2D eigenvalue weighted by atomic mass is 10.0. The zero-order valence-corrected chi connectivity index (χ0v) is 7.84. The number of phenolic OH excluding ortho intramolecular Hbond substituents is 1. The van der Waals surface area contributed by atoms with Crippen molar-refractivity contribution in [2.75, 3.05) is 0 Å². The molecule has 1 aromatic carbocycles. The fourth-order valence-corrected chi connectivity index (χ4v) is 1.38. The van der Waals surface area contributed by atoms with E-state index < -0.39 is 6.43 Å². The van der Waals surface area contributed by atoms with Crippen molar-refractivity contribution in [2.45, 2.75) is 20.3 Å². The summed E-state index contributed by atoms with van der Waals surface area (Å²) in [4.78, 5) is 11.0. The first-order chi connectivity index (χ1) is 6.43. The van der Waals surface area contributed by atoms with Crippen molar-refractivity contribution in [1.29, 1.82) is 0 Å². The quantitative estimate of drug-likeness (QED) is 0.745. The number of aryl methyl sites for hydroxylation is 1. The fourth-order valence-electron chi connectivity index (χ4n) is 1.38. The molecule has 1 rings (SSSR count). The van der Waals surface area contributed by atoms with Crippen LogP contribution in [0.15, 0.2) is 12.1 Å². The second kappa shape index (κ2) is 3.74. The molecule has 2 nitrogen and oxygen atoms in total. The van der Waals surface area contributed by atoms with Crippen LogP contribution in [0.3, 0.4) is 0 Å². The predicted molar refractivity (Wildman–Crippen MR) is 47.8 cm³/mol. The summed E-state index contributed by atoms with van der Waals surface area (Å²) >= 11 is 0. The maximum Gasteiger partial charge on any atom is 0.263 e. The smallest absolute Gasteiger partial charge is 0.263 e. The Morgan fingerprint density at radius 2 is 2.00 bits per heavy atom. The van der Waals surface area contributed by atoms with E-state index >= 15 is 0 Å². The molecule has 0 radical (unpaired) electrons. The molecule has 0 bridgehead atoms. The lowest BCUT2D eigenvalue weighted by Crippen LogP contribution is -1.98. The summed E-state index contributed by atoms with van der Waals surface area (Å²) in [5.74, 6) is -0.714. The van der Waals surface area contributed by atoms with Crippen molar-refractivity contribution in [3.8, 4) is 5.75 Å². The van der Waals surface area contributed by atoms with Crippen LogP contribution in [0.4, 0.5) is 8.78 Å². The predicted octanol–water partition coefficient (Wildman–Crippen LogP) is 2.84. The average molecular weight is 200 g/mol. The number of aromatic hydroxyl groups is 1. The van der Waals surface area contributed by atoms with Gasteiger partial charge in [-0.25, -0.2) is 8.78 Å². The molecule has 0 heterocycles. The van der Waals surface area contributed by atoms with Crippen molar-refractivity contribution in [1.82, 2.24) is 0 Å². The molecule has 0 amide bonds. The molecule has 0 saturated carbocycles. The molecule has 1 aromatic rings. The highest BCUT2D eigenvalue weighted by Gasteiger charge is 2.15. The van der Waals surface area contributed by atoms with E-state index in [0.29, 0.717) is 5.56 Å². The van der Waals surface area contributed by atoms with E-state index in [1.165, 1.54) is 19.9 Å². The fraction of sp³-hybridized carbons (Fsp3) is 0.300. The summed E-state index contributed by atoms with van der Waals surface area (Å²) in [7, 11) is 0. The number of hydrogen-bond donors (Lipinski definition) is 1. The van der Waals surface area contributed by atoms with Crippen LogP contribution in [-0.4, -0.2) is 10.9 Å². The monoisotopic (exact) mass is 200 g/mol. The van der Waals surface area contributed by atoms with E-state index in [1.807, 2.05) is 0 Å². The van der Waals surface area contributed by atoms with Crippen LogP contribution in [-0.2, 0) is 0 Å². The van der Waals surface area contributed by atoms with E-state index in [1.54, 1.807) is 0 Å². The molecule has 0 aliphatic rings. The van der Waals surface area contributed by atoms with Gasteiger partial charge in [-0.2, -0.15) is 0 Å². The Balaban J connectivity index is 3.32. The molecule has 0 fully saturated rings. The van der Waals surface area contributed by atoms with Crippen LogP contribution in [0, 0.1) is 6.92 Å². The number of hydrogen-bond acceptors (Lipinski definition) is 2. The summed E-state index contributed by atoms with van der Waals surface area (Å²) in [6.45, 7) is 2.80. The van der Waals surface area contributed by atoms with E-state index in [2.05, 4.69) is 0 Å². The van der Waals surface area contributed by atoms with Gasteiger partial charge >= 0.3 is 0 Å². The van der Waals surface area contributed by atoms with Crippen LogP contribution in [0.25, 0.3) is 0 Å². The number of rotatable bonds is 2. The molecule has 0 aliphatic heterocycles. The van der Waals surface area contributed by atoms with E-state index in [9.17, 15) is 18.7 Å². The van der Waals surface area contributed by atoms with Crippen LogP contribution >= 0.6 is 0 Å². The highest BCUT2D eigenvalue weighted by molar-refractivity contribution is 5.98. The molecule has 0 aromatic heterocycles. The minimum Gasteiger partial charge on any atom is -0.507 e. The van der Waals surface area contributed by atoms with Crippen molar-refractivity contribution in [3.63, 3.8) is 0 Å². The zero-order chi connectivity index (χ0) is 10.9. The minimum absolute atomic E-state index is 0.106. The molecule has 14 heavy (non-hydrogen) atoms. The number of benzene rings is 1. The van der Waals surface area contributed by atoms with Crippen molar-refractivity contribution in [2.24, 2.45) is 0 Å². The number of ketones is 1.